The highest BCUT2D eigenvalue weighted by Gasteiger charge is 2.47. The maximum absolute atomic E-state index is 11.0. The SMILES string of the molecule is CCc1cc([C@H]2O[C@@H](n3cnc4c(NC(CO)C(C)C)nc(N(CC)N5CCCCC5)nc43)[C@H](O)[C@@H]2O)on1. The lowest BCUT2D eigenvalue weighted by Gasteiger charge is -2.37. The third-order valence-corrected chi connectivity index (χ3v) is 7.67. The van der Waals surface area contributed by atoms with Crippen LogP contribution < -0.4 is 10.3 Å². The molecule has 1 unspecified atom stereocenters. The second kappa shape index (κ2) is 11.7. The number of hydrazine groups is 1. The number of nitrogens with zero attached hydrogens (tertiary/aromatic N) is 7. The van der Waals surface area contributed by atoms with Crippen molar-refractivity contribution in [1.29, 1.82) is 0 Å². The summed E-state index contributed by atoms with van der Waals surface area (Å²) in [4.78, 5) is 14.3. The van der Waals surface area contributed by atoms with E-state index in [1.54, 1.807) is 10.6 Å². The fourth-order valence-corrected chi connectivity index (χ4v) is 5.25. The smallest absolute Gasteiger partial charge is 0.244 e. The predicted molar refractivity (Wildman–Crippen MR) is 144 cm³/mol. The lowest BCUT2D eigenvalue weighted by molar-refractivity contribution is -0.0434. The van der Waals surface area contributed by atoms with Gasteiger partial charge in [0.25, 0.3) is 0 Å². The van der Waals surface area contributed by atoms with E-state index in [0.29, 0.717) is 41.7 Å². The highest BCUT2D eigenvalue weighted by Crippen LogP contribution is 2.40. The molecule has 3 aromatic heterocycles. The van der Waals surface area contributed by atoms with Crippen LogP contribution in [0.2, 0.25) is 0 Å². The molecule has 0 aliphatic carbocycles. The van der Waals surface area contributed by atoms with Crippen LogP contribution in [0.1, 0.15) is 70.7 Å². The van der Waals surface area contributed by atoms with Gasteiger partial charge in [0.2, 0.25) is 5.95 Å². The molecule has 13 nitrogen and oxygen atoms in total. The molecule has 4 N–H and O–H groups in total. The summed E-state index contributed by atoms with van der Waals surface area (Å²) < 4.78 is 13.2. The second-order valence-electron chi connectivity index (χ2n) is 10.6. The summed E-state index contributed by atoms with van der Waals surface area (Å²) >= 11 is 0. The molecular formula is C26H40N8O5. The van der Waals surface area contributed by atoms with Crippen molar-refractivity contribution < 1.29 is 24.6 Å². The largest absolute Gasteiger partial charge is 0.394 e. The quantitative estimate of drug-likeness (QED) is 0.295. The van der Waals surface area contributed by atoms with E-state index in [1.807, 2.05) is 20.8 Å². The first-order valence-electron chi connectivity index (χ1n) is 14.0. The molecule has 2 aliphatic rings. The van der Waals surface area contributed by atoms with E-state index in [9.17, 15) is 15.3 Å². The number of hydrogen-bond donors (Lipinski definition) is 4. The molecule has 0 amide bonds. The Morgan fingerprint density at radius 2 is 1.90 bits per heavy atom. The zero-order valence-electron chi connectivity index (χ0n) is 23.1. The molecule has 2 fully saturated rings. The Morgan fingerprint density at radius 3 is 2.54 bits per heavy atom. The average Bonchev–Trinajstić information content (AvgIpc) is 3.66. The minimum Gasteiger partial charge on any atom is -0.394 e. The van der Waals surface area contributed by atoms with E-state index in [-0.39, 0.29) is 18.6 Å². The number of aryl methyl sites for hydroxylation is 1. The number of aliphatic hydroxyl groups excluding tert-OH is 3. The fraction of sp³-hybridized carbons (Fsp3) is 0.692. The van der Waals surface area contributed by atoms with Gasteiger partial charge in [-0.25, -0.2) is 9.99 Å². The van der Waals surface area contributed by atoms with Gasteiger partial charge >= 0.3 is 0 Å². The van der Waals surface area contributed by atoms with Crippen LogP contribution in [0.15, 0.2) is 16.9 Å². The van der Waals surface area contributed by atoms with Gasteiger partial charge in [0, 0.05) is 25.7 Å². The number of anilines is 2. The number of rotatable bonds is 10. The molecule has 2 saturated heterocycles. The van der Waals surface area contributed by atoms with Crippen molar-refractivity contribution in [2.75, 3.05) is 36.6 Å². The van der Waals surface area contributed by atoms with Gasteiger partial charge < -0.3 is 29.9 Å². The fourth-order valence-electron chi connectivity index (χ4n) is 5.25. The van der Waals surface area contributed by atoms with Crippen LogP contribution in [0.3, 0.4) is 0 Å². The molecule has 5 heterocycles. The Bertz CT molecular complexity index is 1240. The van der Waals surface area contributed by atoms with Crippen LogP contribution in [0.25, 0.3) is 11.2 Å². The molecule has 5 rings (SSSR count). The molecule has 0 bridgehead atoms. The summed E-state index contributed by atoms with van der Waals surface area (Å²) in [7, 11) is 0. The molecule has 5 atom stereocenters. The minimum absolute atomic E-state index is 0.0714. The Kier molecular flexibility index (Phi) is 8.33. The van der Waals surface area contributed by atoms with E-state index in [0.717, 1.165) is 31.6 Å². The number of aromatic nitrogens is 5. The monoisotopic (exact) mass is 544 g/mol. The highest BCUT2D eigenvalue weighted by atomic mass is 16.6. The van der Waals surface area contributed by atoms with Gasteiger partial charge in [-0.2, -0.15) is 9.97 Å². The maximum atomic E-state index is 11.0. The summed E-state index contributed by atoms with van der Waals surface area (Å²) in [6.07, 6.45) is 1.26. The Labute approximate surface area is 227 Å². The van der Waals surface area contributed by atoms with Gasteiger partial charge in [0.05, 0.1) is 24.7 Å². The number of aliphatic hydroxyl groups is 3. The Balaban J connectivity index is 1.56. The average molecular weight is 545 g/mol. The van der Waals surface area contributed by atoms with Crippen LogP contribution in [0.5, 0.6) is 0 Å². The first kappa shape index (κ1) is 27.7. The van der Waals surface area contributed by atoms with Gasteiger partial charge in [0.1, 0.15) is 18.3 Å². The van der Waals surface area contributed by atoms with Crippen molar-refractivity contribution in [3.63, 3.8) is 0 Å². The lowest BCUT2D eigenvalue weighted by Crippen LogP contribution is -2.46. The second-order valence-corrected chi connectivity index (χ2v) is 10.6. The van der Waals surface area contributed by atoms with Crippen LogP contribution in [-0.4, -0.2) is 89.5 Å². The lowest BCUT2D eigenvalue weighted by atomic mass is 10.1. The zero-order chi connectivity index (χ0) is 27.7. The number of nitrogens with one attached hydrogen (secondary N) is 1. The number of hydrogen-bond acceptors (Lipinski definition) is 12. The van der Waals surface area contributed by atoms with Crippen LogP contribution in [0.4, 0.5) is 11.8 Å². The van der Waals surface area contributed by atoms with Gasteiger partial charge in [0.15, 0.2) is 29.0 Å². The van der Waals surface area contributed by atoms with Crippen molar-refractivity contribution in [1.82, 2.24) is 29.7 Å². The van der Waals surface area contributed by atoms with Gasteiger partial charge in [-0.3, -0.25) is 9.58 Å². The number of piperidine rings is 1. The molecule has 0 aromatic carbocycles. The zero-order valence-corrected chi connectivity index (χ0v) is 23.1. The van der Waals surface area contributed by atoms with Crippen molar-refractivity contribution in [3.05, 3.63) is 23.8 Å². The first-order valence-corrected chi connectivity index (χ1v) is 14.0. The third-order valence-electron chi connectivity index (χ3n) is 7.67. The predicted octanol–water partition coefficient (Wildman–Crippen LogP) is 2.02. The Hall–Kier alpha value is -2.84. The molecule has 3 aromatic rings. The van der Waals surface area contributed by atoms with Gasteiger partial charge in [-0.05, 0) is 32.1 Å². The van der Waals surface area contributed by atoms with E-state index < -0.39 is 24.5 Å². The van der Waals surface area contributed by atoms with E-state index in [1.165, 1.54) is 12.7 Å². The van der Waals surface area contributed by atoms with Crippen LogP contribution >= 0.6 is 0 Å². The van der Waals surface area contributed by atoms with Crippen molar-refractivity contribution in [3.8, 4) is 0 Å². The molecular weight excluding hydrogens is 504 g/mol. The molecule has 0 radical (unpaired) electrons. The molecule has 2 aliphatic heterocycles. The normalized spacial score (nSPS) is 25.0. The molecule has 13 heteroatoms. The summed E-state index contributed by atoms with van der Waals surface area (Å²) in [5.74, 6) is 1.47. The van der Waals surface area contributed by atoms with Crippen molar-refractivity contribution in [2.45, 2.75) is 84.0 Å². The van der Waals surface area contributed by atoms with E-state index >= 15 is 0 Å². The van der Waals surface area contributed by atoms with E-state index in [2.05, 4.69) is 32.4 Å². The van der Waals surface area contributed by atoms with Crippen molar-refractivity contribution in [2.24, 2.45) is 5.92 Å². The number of fused-ring (bicyclic) bond motifs is 1. The summed E-state index contributed by atoms with van der Waals surface area (Å²) in [5, 5.41) is 43.6. The minimum atomic E-state index is -1.26. The van der Waals surface area contributed by atoms with Gasteiger partial charge in [-0.1, -0.05) is 32.3 Å². The standard InChI is InChI=1S/C26H40N8O5/c1-5-16-12-18(39-31-16)22-20(36)21(37)25(38-22)33-14-27-19-23(28-17(13-35)15(3)4)29-26(30-24(19)33)34(6-2)32-10-8-7-9-11-32/h12,14-15,17,20-22,25,35-37H,5-11,13H2,1-4H3,(H,28,29,30)/t17?,20-,21+,22+,25+/m0/s1. The molecule has 214 valence electrons. The summed E-state index contributed by atoms with van der Waals surface area (Å²) in [5.41, 5.74) is 1.66. The van der Waals surface area contributed by atoms with Crippen LogP contribution in [-0.2, 0) is 11.2 Å². The molecule has 39 heavy (non-hydrogen) atoms. The van der Waals surface area contributed by atoms with E-state index in [4.69, 9.17) is 19.2 Å². The molecule has 0 spiro atoms. The third kappa shape index (κ3) is 5.33. The number of ether oxygens (including phenoxy) is 1. The summed E-state index contributed by atoms with van der Waals surface area (Å²) in [6.45, 7) is 10.5. The topological polar surface area (TPSA) is 158 Å². The number of imidazole rings is 1. The highest BCUT2D eigenvalue weighted by molar-refractivity contribution is 5.84. The molecule has 0 saturated carbocycles. The van der Waals surface area contributed by atoms with Gasteiger partial charge in [-0.15, -0.1) is 0 Å². The van der Waals surface area contributed by atoms with Crippen LogP contribution in [0, 0.1) is 5.92 Å². The van der Waals surface area contributed by atoms with Crippen molar-refractivity contribution >= 4 is 22.9 Å². The summed E-state index contributed by atoms with van der Waals surface area (Å²) in [6, 6.07) is 1.49. The Morgan fingerprint density at radius 1 is 1.13 bits per heavy atom. The maximum Gasteiger partial charge on any atom is 0.244 e. The first-order chi connectivity index (χ1) is 18.9.